The summed E-state index contributed by atoms with van der Waals surface area (Å²) in [6.07, 6.45) is 0.898. The minimum Gasteiger partial charge on any atom is -0.490 e. The first-order chi connectivity index (χ1) is 9.61. The molecule has 1 aromatic heterocycles. The van der Waals surface area contributed by atoms with Crippen molar-refractivity contribution in [1.29, 1.82) is 0 Å². The topological polar surface area (TPSA) is 64.9 Å². The highest BCUT2D eigenvalue weighted by atomic mass is 35.5. The molecule has 0 unspecified atom stereocenters. The fourth-order valence-electron chi connectivity index (χ4n) is 1.62. The second kappa shape index (κ2) is 6.76. The normalized spacial score (nSPS) is 10.6. The van der Waals surface area contributed by atoms with E-state index in [-0.39, 0.29) is 0 Å². The van der Waals surface area contributed by atoms with Crippen molar-refractivity contribution in [2.24, 2.45) is 7.05 Å². The summed E-state index contributed by atoms with van der Waals surface area (Å²) < 4.78 is 7.06. The number of tetrazole rings is 1. The molecule has 20 heavy (non-hydrogen) atoms. The zero-order chi connectivity index (χ0) is 14.5. The van der Waals surface area contributed by atoms with E-state index in [1.165, 1.54) is 0 Å². The molecule has 0 atom stereocenters. The Morgan fingerprint density at radius 1 is 1.30 bits per heavy atom. The monoisotopic (exact) mass is 315 g/mol. The number of aryl methyl sites for hydroxylation is 1. The highest BCUT2D eigenvalue weighted by Gasteiger charge is 2.10. The van der Waals surface area contributed by atoms with E-state index < -0.39 is 0 Å². The van der Waals surface area contributed by atoms with Crippen molar-refractivity contribution in [3.05, 3.63) is 27.7 Å². The minimum atomic E-state index is 0.499. The molecule has 0 amide bonds. The molecular formula is C12H15Cl2N5O. The molecule has 0 saturated carbocycles. The van der Waals surface area contributed by atoms with Gasteiger partial charge in [-0.3, -0.25) is 0 Å². The number of hydrogen-bond acceptors (Lipinski definition) is 5. The molecule has 2 aromatic rings. The molecule has 0 aliphatic carbocycles. The van der Waals surface area contributed by atoms with Gasteiger partial charge in [0.2, 0.25) is 5.95 Å². The van der Waals surface area contributed by atoms with Crippen LogP contribution >= 0.6 is 23.2 Å². The fourth-order valence-corrected chi connectivity index (χ4v) is 2.26. The summed E-state index contributed by atoms with van der Waals surface area (Å²) in [5.41, 5.74) is 0.923. The molecule has 1 heterocycles. The Morgan fingerprint density at radius 2 is 2.00 bits per heavy atom. The number of benzene rings is 1. The average Bonchev–Trinajstić information content (AvgIpc) is 2.81. The standard InChI is InChI=1S/C12H15Cl2N5O/c1-3-4-20-11-9(13)5-8(6-10(11)14)7-15-12-16-17-18-19(12)2/h5-6H,3-4,7H2,1-2H3,(H,15,16,18). The fraction of sp³-hybridized carbons (Fsp3) is 0.417. The quantitative estimate of drug-likeness (QED) is 0.887. The first-order valence-electron chi connectivity index (χ1n) is 6.18. The lowest BCUT2D eigenvalue weighted by molar-refractivity contribution is 0.318. The van der Waals surface area contributed by atoms with Crippen LogP contribution in [-0.2, 0) is 13.6 Å². The number of ether oxygens (including phenoxy) is 1. The molecule has 0 saturated heterocycles. The van der Waals surface area contributed by atoms with Gasteiger partial charge in [0, 0.05) is 13.6 Å². The second-order valence-electron chi connectivity index (χ2n) is 4.22. The molecule has 0 bridgehead atoms. The van der Waals surface area contributed by atoms with E-state index in [9.17, 15) is 0 Å². The maximum Gasteiger partial charge on any atom is 0.242 e. The summed E-state index contributed by atoms with van der Waals surface area (Å²) in [6, 6.07) is 3.63. The second-order valence-corrected chi connectivity index (χ2v) is 5.03. The van der Waals surface area contributed by atoms with Gasteiger partial charge in [-0.2, -0.15) is 0 Å². The summed E-state index contributed by atoms with van der Waals surface area (Å²) >= 11 is 12.4. The summed E-state index contributed by atoms with van der Waals surface area (Å²) in [5.74, 6) is 1.10. The van der Waals surface area contributed by atoms with Crippen LogP contribution in [0.5, 0.6) is 5.75 Å². The number of nitrogens with zero attached hydrogens (tertiary/aromatic N) is 4. The van der Waals surface area contributed by atoms with Gasteiger partial charge in [0.1, 0.15) is 0 Å². The molecular weight excluding hydrogens is 301 g/mol. The lowest BCUT2D eigenvalue weighted by Gasteiger charge is -2.11. The summed E-state index contributed by atoms with van der Waals surface area (Å²) in [6.45, 7) is 3.12. The number of rotatable bonds is 6. The van der Waals surface area contributed by atoms with Crippen LogP contribution in [0.1, 0.15) is 18.9 Å². The number of anilines is 1. The van der Waals surface area contributed by atoms with Crippen LogP contribution in [0.4, 0.5) is 5.95 Å². The Balaban J connectivity index is 2.08. The van der Waals surface area contributed by atoms with Gasteiger partial charge in [-0.15, -0.1) is 0 Å². The van der Waals surface area contributed by atoms with Gasteiger partial charge in [0.05, 0.1) is 16.7 Å². The Hall–Kier alpha value is -1.53. The van der Waals surface area contributed by atoms with Crippen LogP contribution in [0.3, 0.4) is 0 Å². The zero-order valence-electron chi connectivity index (χ0n) is 11.2. The maximum absolute atomic E-state index is 6.18. The van der Waals surface area contributed by atoms with Crippen molar-refractivity contribution in [3.63, 3.8) is 0 Å². The third kappa shape index (κ3) is 3.52. The van der Waals surface area contributed by atoms with Crippen LogP contribution in [0.25, 0.3) is 0 Å². The smallest absolute Gasteiger partial charge is 0.242 e. The average molecular weight is 316 g/mol. The molecule has 108 valence electrons. The largest absolute Gasteiger partial charge is 0.490 e. The van der Waals surface area contributed by atoms with Crippen LogP contribution in [0.15, 0.2) is 12.1 Å². The Kier molecular flexibility index (Phi) is 5.03. The Labute approximate surface area is 127 Å². The van der Waals surface area contributed by atoms with Crippen molar-refractivity contribution in [3.8, 4) is 5.75 Å². The predicted molar refractivity (Wildman–Crippen MR) is 78.4 cm³/mol. The minimum absolute atomic E-state index is 0.499. The van der Waals surface area contributed by atoms with Crippen molar-refractivity contribution in [2.75, 3.05) is 11.9 Å². The number of aromatic nitrogens is 4. The SMILES string of the molecule is CCCOc1c(Cl)cc(CNc2nnnn2C)cc1Cl. The van der Waals surface area contributed by atoms with Crippen molar-refractivity contribution >= 4 is 29.2 Å². The van der Waals surface area contributed by atoms with E-state index >= 15 is 0 Å². The van der Waals surface area contributed by atoms with Crippen LogP contribution in [0, 0.1) is 0 Å². The lowest BCUT2D eigenvalue weighted by atomic mass is 10.2. The van der Waals surface area contributed by atoms with Gasteiger partial charge in [-0.1, -0.05) is 35.2 Å². The zero-order valence-corrected chi connectivity index (χ0v) is 12.7. The van der Waals surface area contributed by atoms with Crippen molar-refractivity contribution in [1.82, 2.24) is 20.2 Å². The molecule has 0 aliphatic rings. The maximum atomic E-state index is 6.18. The molecule has 6 nitrogen and oxygen atoms in total. The first kappa shape index (κ1) is 14.9. The number of nitrogens with one attached hydrogen (secondary N) is 1. The van der Waals surface area contributed by atoms with Crippen molar-refractivity contribution in [2.45, 2.75) is 19.9 Å². The van der Waals surface area contributed by atoms with E-state index in [4.69, 9.17) is 27.9 Å². The van der Waals surface area contributed by atoms with Gasteiger partial charge in [0.25, 0.3) is 0 Å². The third-order valence-electron chi connectivity index (χ3n) is 2.58. The van der Waals surface area contributed by atoms with Gasteiger partial charge >= 0.3 is 0 Å². The van der Waals surface area contributed by atoms with Crippen LogP contribution < -0.4 is 10.1 Å². The van der Waals surface area contributed by atoms with Crippen LogP contribution in [-0.4, -0.2) is 26.8 Å². The Morgan fingerprint density at radius 3 is 2.55 bits per heavy atom. The van der Waals surface area contributed by atoms with Gasteiger partial charge in [-0.05, 0) is 34.5 Å². The molecule has 2 rings (SSSR count). The van der Waals surface area contributed by atoms with E-state index in [1.54, 1.807) is 11.7 Å². The number of halogens is 2. The molecule has 0 radical (unpaired) electrons. The summed E-state index contributed by atoms with van der Waals surface area (Å²) in [7, 11) is 1.75. The molecule has 0 aliphatic heterocycles. The van der Waals surface area contributed by atoms with Crippen LogP contribution in [0.2, 0.25) is 10.0 Å². The third-order valence-corrected chi connectivity index (χ3v) is 3.14. The molecule has 1 aromatic carbocycles. The predicted octanol–water partition coefficient (Wildman–Crippen LogP) is 2.92. The van der Waals surface area contributed by atoms with E-state index in [0.29, 0.717) is 34.9 Å². The Bertz CT molecular complexity index is 564. The molecule has 0 spiro atoms. The summed E-state index contributed by atoms with van der Waals surface area (Å²) in [4.78, 5) is 0. The van der Waals surface area contributed by atoms with E-state index in [2.05, 4.69) is 20.8 Å². The molecule has 0 fully saturated rings. The van der Waals surface area contributed by atoms with Crippen molar-refractivity contribution < 1.29 is 4.74 Å². The highest BCUT2D eigenvalue weighted by molar-refractivity contribution is 6.37. The van der Waals surface area contributed by atoms with Gasteiger partial charge in [-0.25, -0.2) is 4.68 Å². The van der Waals surface area contributed by atoms with Gasteiger partial charge in [0.15, 0.2) is 5.75 Å². The lowest BCUT2D eigenvalue weighted by Crippen LogP contribution is -2.06. The van der Waals surface area contributed by atoms with E-state index in [0.717, 1.165) is 12.0 Å². The molecule has 8 heteroatoms. The molecule has 1 N–H and O–H groups in total. The highest BCUT2D eigenvalue weighted by Crippen LogP contribution is 2.34. The first-order valence-corrected chi connectivity index (χ1v) is 6.94. The van der Waals surface area contributed by atoms with Gasteiger partial charge < -0.3 is 10.1 Å². The number of hydrogen-bond donors (Lipinski definition) is 1. The summed E-state index contributed by atoms with van der Waals surface area (Å²) in [5, 5.41) is 15.2. The van der Waals surface area contributed by atoms with E-state index in [1.807, 2.05) is 19.1 Å².